The Morgan fingerprint density at radius 3 is 2.60 bits per heavy atom. The number of carbonyl (C=O) groups is 1. The number of carbonyl (C=O) groups excluding carboxylic acids is 1. The summed E-state index contributed by atoms with van der Waals surface area (Å²) in [5.41, 5.74) is 1.16. The molecule has 0 atom stereocenters. The van der Waals surface area contributed by atoms with Crippen molar-refractivity contribution < 1.29 is 4.79 Å². The van der Waals surface area contributed by atoms with Crippen LogP contribution < -0.4 is 16.2 Å². The topological polar surface area (TPSA) is 102 Å². The summed E-state index contributed by atoms with van der Waals surface area (Å²) < 4.78 is 1.15. The molecule has 0 aliphatic heterocycles. The fourth-order valence-electron chi connectivity index (χ4n) is 3.50. The van der Waals surface area contributed by atoms with E-state index in [1.54, 1.807) is 18.5 Å². The van der Waals surface area contributed by atoms with Crippen molar-refractivity contribution in [3.05, 3.63) is 34.9 Å². The van der Waals surface area contributed by atoms with Crippen LogP contribution in [-0.4, -0.2) is 37.7 Å². The largest absolute Gasteiger partial charge is 0.355 e. The predicted molar refractivity (Wildman–Crippen MR) is 91.9 cm³/mol. The van der Waals surface area contributed by atoms with Gasteiger partial charge in [0, 0.05) is 36.1 Å². The standard InChI is InChI=1S/C17H20N6O2/c1-2-18-14(24)10-23-15(25)4-3-13(22-23)12-8-19-16(20-9-12)21-17-5-11(6-17)7-17/h3-4,8-9,11H,2,5-7,10H2,1H3,(H,18,24)(H,19,20,21). The van der Waals surface area contributed by atoms with E-state index >= 15 is 0 Å². The molecule has 0 unspecified atom stereocenters. The molecule has 3 aliphatic rings. The molecule has 2 heterocycles. The first-order valence-electron chi connectivity index (χ1n) is 8.52. The van der Waals surface area contributed by atoms with Crippen LogP contribution in [0.4, 0.5) is 5.95 Å². The second-order valence-corrected chi connectivity index (χ2v) is 6.85. The van der Waals surface area contributed by atoms with Gasteiger partial charge in [-0.25, -0.2) is 14.6 Å². The lowest BCUT2D eigenvalue weighted by molar-refractivity contribution is -0.121. The molecule has 3 saturated carbocycles. The Morgan fingerprint density at radius 2 is 2.00 bits per heavy atom. The number of likely N-dealkylation sites (N-methyl/N-ethyl adjacent to an activating group) is 1. The van der Waals surface area contributed by atoms with Crippen LogP contribution >= 0.6 is 0 Å². The molecule has 0 radical (unpaired) electrons. The first-order valence-corrected chi connectivity index (χ1v) is 8.52. The van der Waals surface area contributed by atoms with Gasteiger partial charge in [-0.15, -0.1) is 0 Å². The molecule has 0 spiro atoms. The van der Waals surface area contributed by atoms with Gasteiger partial charge in [0.05, 0.1) is 5.69 Å². The minimum Gasteiger partial charge on any atom is -0.355 e. The van der Waals surface area contributed by atoms with Gasteiger partial charge in [-0.2, -0.15) is 5.10 Å². The van der Waals surface area contributed by atoms with E-state index in [0.717, 1.165) is 10.6 Å². The van der Waals surface area contributed by atoms with Crippen LogP contribution in [0.1, 0.15) is 26.2 Å². The van der Waals surface area contributed by atoms with Crippen molar-refractivity contribution in [2.24, 2.45) is 5.92 Å². The summed E-state index contributed by atoms with van der Waals surface area (Å²) in [5.74, 6) is 1.27. The molecular formula is C17H20N6O2. The molecule has 2 aromatic heterocycles. The highest BCUT2D eigenvalue weighted by molar-refractivity contribution is 5.75. The number of anilines is 1. The van der Waals surface area contributed by atoms with Crippen molar-refractivity contribution in [2.75, 3.05) is 11.9 Å². The van der Waals surface area contributed by atoms with E-state index in [0.29, 0.717) is 23.8 Å². The molecule has 130 valence electrons. The van der Waals surface area contributed by atoms with E-state index in [1.807, 2.05) is 6.92 Å². The minimum absolute atomic E-state index is 0.106. The Morgan fingerprint density at radius 1 is 1.28 bits per heavy atom. The maximum absolute atomic E-state index is 11.9. The van der Waals surface area contributed by atoms with Crippen molar-refractivity contribution in [2.45, 2.75) is 38.3 Å². The molecule has 8 heteroatoms. The summed E-state index contributed by atoms with van der Waals surface area (Å²) >= 11 is 0. The number of nitrogens with zero attached hydrogens (tertiary/aromatic N) is 4. The second-order valence-electron chi connectivity index (χ2n) is 6.85. The van der Waals surface area contributed by atoms with Crippen molar-refractivity contribution in [1.82, 2.24) is 25.1 Å². The van der Waals surface area contributed by atoms with Gasteiger partial charge in [-0.05, 0) is 38.2 Å². The van der Waals surface area contributed by atoms with Crippen LogP contribution in [0.25, 0.3) is 11.3 Å². The highest BCUT2D eigenvalue weighted by atomic mass is 16.2. The number of aromatic nitrogens is 4. The van der Waals surface area contributed by atoms with Gasteiger partial charge in [0.2, 0.25) is 11.9 Å². The fraction of sp³-hybridized carbons (Fsp3) is 0.471. The molecule has 8 nitrogen and oxygen atoms in total. The lowest BCUT2D eigenvalue weighted by atomic mass is 9.50. The molecule has 2 N–H and O–H groups in total. The van der Waals surface area contributed by atoms with Crippen molar-refractivity contribution in [3.63, 3.8) is 0 Å². The third-order valence-electron chi connectivity index (χ3n) is 4.90. The molecule has 25 heavy (non-hydrogen) atoms. The van der Waals surface area contributed by atoms with Crippen molar-refractivity contribution in [1.29, 1.82) is 0 Å². The van der Waals surface area contributed by atoms with Gasteiger partial charge in [-0.3, -0.25) is 9.59 Å². The Labute approximate surface area is 144 Å². The van der Waals surface area contributed by atoms with Crippen LogP contribution in [0.5, 0.6) is 0 Å². The quantitative estimate of drug-likeness (QED) is 0.806. The lowest BCUT2D eigenvalue weighted by Crippen LogP contribution is -2.63. The highest BCUT2D eigenvalue weighted by Gasteiger charge is 2.56. The number of amides is 1. The SMILES string of the molecule is CCNC(=O)Cn1nc(-c2cnc(NC34CC(C3)C4)nc2)ccc1=O. The van der Waals surface area contributed by atoms with Gasteiger partial charge >= 0.3 is 0 Å². The van der Waals surface area contributed by atoms with Crippen LogP contribution in [0.3, 0.4) is 0 Å². The summed E-state index contributed by atoms with van der Waals surface area (Å²) in [4.78, 5) is 32.3. The molecule has 3 aliphatic carbocycles. The molecule has 5 rings (SSSR count). The molecule has 0 aromatic carbocycles. The van der Waals surface area contributed by atoms with Crippen LogP contribution in [-0.2, 0) is 11.3 Å². The molecule has 1 amide bonds. The average Bonchev–Trinajstić information content (AvgIpc) is 2.53. The van der Waals surface area contributed by atoms with Gasteiger partial charge in [-0.1, -0.05) is 0 Å². The number of hydrogen-bond donors (Lipinski definition) is 2. The number of hydrogen-bond acceptors (Lipinski definition) is 6. The van der Waals surface area contributed by atoms with Crippen LogP contribution in [0.15, 0.2) is 29.3 Å². The lowest BCUT2D eigenvalue weighted by Gasteiger charge is -2.61. The van der Waals surface area contributed by atoms with E-state index in [9.17, 15) is 9.59 Å². The first kappa shape index (κ1) is 15.7. The second kappa shape index (κ2) is 5.94. The first-order chi connectivity index (χ1) is 12.1. The molecule has 2 bridgehead atoms. The molecular weight excluding hydrogens is 320 g/mol. The Kier molecular flexibility index (Phi) is 3.74. The maximum atomic E-state index is 11.9. The smallest absolute Gasteiger partial charge is 0.267 e. The normalized spacial score (nSPS) is 23.3. The van der Waals surface area contributed by atoms with Crippen LogP contribution in [0, 0.1) is 5.92 Å². The third-order valence-corrected chi connectivity index (χ3v) is 4.90. The summed E-state index contributed by atoms with van der Waals surface area (Å²) in [6, 6.07) is 3.01. The minimum atomic E-state index is -0.321. The van der Waals surface area contributed by atoms with E-state index < -0.39 is 0 Å². The number of rotatable bonds is 6. The third kappa shape index (κ3) is 2.99. The Hall–Kier alpha value is -2.77. The van der Waals surface area contributed by atoms with Gasteiger partial charge in [0.15, 0.2) is 0 Å². The summed E-state index contributed by atoms with van der Waals surface area (Å²) in [5, 5.41) is 10.3. The zero-order valence-corrected chi connectivity index (χ0v) is 14.0. The summed E-state index contributed by atoms with van der Waals surface area (Å²) in [6.07, 6.45) is 7.01. The van der Waals surface area contributed by atoms with Gasteiger partial charge in [0.1, 0.15) is 6.54 Å². The van der Waals surface area contributed by atoms with Crippen molar-refractivity contribution in [3.8, 4) is 11.3 Å². The summed E-state index contributed by atoms with van der Waals surface area (Å²) in [6.45, 7) is 2.23. The van der Waals surface area contributed by atoms with E-state index in [2.05, 4.69) is 25.7 Å². The average molecular weight is 340 g/mol. The zero-order chi connectivity index (χ0) is 17.4. The van der Waals surface area contributed by atoms with E-state index in [4.69, 9.17) is 0 Å². The van der Waals surface area contributed by atoms with E-state index in [1.165, 1.54) is 25.3 Å². The highest BCUT2D eigenvalue weighted by Crippen LogP contribution is 2.58. The fourth-order valence-corrected chi connectivity index (χ4v) is 3.50. The molecule has 2 aromatic rings. The van der Waals surface area contributed by atoms with Crippen LogP contribution in [0.2, 0.25) is 0 Å². The zero-order valence-electron chi connectivity index (χ0n) is 14.0. The Bertz CT molecular complexity index is 843. The maximum Gasteiger partial charge on any atom is 0.267 e. The summed E-state index contributed by atoms with van der Waals surface area (Å²) in [7, 11) is 0. The Balaban J connectivity index is 1.50. The van der Waals surface area contributed by atoms with Gasteiger partial charge in [0.25, 0.3) is 5.56 Å². The predicted octanol–water partition coefficient (Wildman–Crippen LogP) is 0.801. The molecule has 3 fully saturated rings. The monoisotopic (exact) mass is 340 g/mol. The van der Waals surface area contributed by atoms with Crippen molar-refractivity contribution >= 4 is 11.9 Å². The number of nitrogens with one attached hydrogen (secondary N) is 2. The van der Waals surface area contributed by atoms with E-state index in [-0.39, 0.29) is 23.6 Å². The molecule has 0 saturated heterocycles. The van der Waals surface area contributed by atoms with Gasteiger partial charge < -0.3 is 10.6 Å².